The van der Waals surface area contributed by atoms with Gasteiger partial charge < -0.3 is 20.9 Å². The molecular formula is C23H33F3N6O. The van der Waals surface area contributed by atoms with E-state index in [0.29, 0.717) is 34.0 Å². The molecule has 0 fully saturated rings. The van der Waals surface area contributed by atoms with Gasteiger partial charge in [0.1, 0.15) is 24.3 Å². The Morgan fingerprint density at radius 3 is 2.12 bits per heavy atom. The fourth-order valence-corrected chi connectivity index (χ4v) is 2.62. The highest BCUT2D eigenvalue weighted by Gasteiger charge is 2.27. The van der Waals surface area contributed by atoms with Crippen molar-refractivity contribution < 1.29 is 18.0 Å². The molecule has 7 nitrogen and oxygen atoms in total. The zero-order chi connectivity index (χ0) is 25.1. The number of hydrogen-bond acceptors (Lipinski definition) is 6. The Balaban J connectivity index is 0.000000520. The van der Waals surface area contributed by atoms with E-state index in [4.69, 9.17) is 0 Å². The second kappa shape index (κ2) is 12.8. The van der Waals surface area contributed by atoms with Crippen molar-refractivity contribution in [3.63, 3.8) is 0 Å². The molecule has 0 aliphatic heterocycles. The lowest BCUT2D eigenvalue weighted by Crippen LogP contribution is -2.22. The molecule has 10 heteroatoms. The van der Waals surface area contributed by atoms with Crippen molar-refractivity contribution in [2.24, 2.45) is 5.41 Å². The van der Waals surface area contributed by atoms with E-state index in [1.165, 1.54) is 0 Å². The van der Waals surface area contributed by atoms with Gasteiger partial charge >= 0.3 is 6.18 Å². The predicted octanol–water partition coefficient (Wildman–Crippen LogP) is 5.77. The van der Waals surface area contributed by atoms with Crippen LogP contribution in [0.4, 0.5) is 30.6 Å². The van der Waals surface area contributed by atoms with Crippen molar-refractivity contribution in [1.29, 1.82) is 0 Å². The first-order valence-electron chi connectivity index (χ1n) is 10.6. The van der Waals surface area contributed by atoms with Crippen molar-refractivity contribution in [3.8, 4) is 0 Å². The average molecular weight is 467 g/mol. The highest BCUT2D eigenvalue weighted by atomic mass is 19.4. The summed E-state index contributed by atoms with van der Waals surface area (Å²) in [7, 11) is 1.98. The van der Waals surface area contributed by atoms with Crippen LogP contribution >= 0.6 is 0 Å². The maximum Gasteiger partial charge on any atom is 0.405 e. The standard InChI is InChI=1S/C15H12F3N5O.C6H15N.C2H6/c16-15(17,18)8-20-13-11-5-6-19-12(11)22-14(23-13)21-10-3-1-9(7-24)2-4-10;1-6(2,3)5-7-4;1-2/h1-7H,8H2,(H3,19,20,21,22,23);7H,5H2,1-4H3;1-2H3. The van der Waals surface area contributed by atoms with Crippen molar-refractivity contribution >= 4 is 34.8 Å². The number of halogens is 3. The number of H-pyrrole nitrogens is 1. The summed E-state index contributed by atoms with van der Waals surface area (Å²) in [4.78, 5) is 21.8. The number of benzene rings is 1. The fraction of sp³-hybridized carbons (Fsp3) is 0.435. The third kappa shape index (κ3) is 10.3. The lowest BCUT2D eigenvalue weighted by atomic mass is 9.97. The SMILES string of the molecule is CC.CNCC(C)(C)C.O=Cc1ccc(Nc2nc(NCC(F)(F)F)c3cc[nH]c3n2)cc1. The van der Waals surface area contributed by atoms with E-state index in [1.54, 1.807) is 36.5 Å². The number of alkyl halides is 3. The summed E-state index contributed by atoms with van der Waals surface area (Å²) in [6.45, 7) is 10.5. The molecule has 0 amide bonds. The van der Waals surface area contributed by atoms with Gasteiger partial charge in [-0.2, -0.15) is 23.1 Å². The van der Waals surface area contributed by atoms with Crippen LogP contribution in [0.5, 0.6) is 0 Å². The Kier molecular flexibility index (Phi) is 10.8. The predicted molar refractivity (Wildman–Crippen MR) is 128 cm³/mol. The van der Waals surface area contributed by atoms with Crippen LogP contribution in [-0.2, 0) is 0 Å². The minimum Gasteiger partial charge on any atom is -0.360 e. The van der Waals surface area contributed by atoms with E-state index in [9.17, 15) is 18.0 Å². The molecule has 1 aromatic carbocycles. The average Bonchev–Trinajstić information content (AvgIpc) is 3.22. The zero-order valence-corrected chi connectivity index (χ0v) is 19.9. The maximum atomic E-state index is 12.4. The van der Waals surface area contributed by atoms with Gasteiger partial charge in [0.25, 0.3) is 0 Å². The molecule has 0 bridgehead atoms. The summed E-state index contributed by atoms with van der Waals surface area (Å²) >= 11 is 0. The topological polar surface area (TPSA) is 94.7 Å². The Labute approximate surface area is 192 Å². The molecule has 3 rings (SSSR count). The molecule has 182 valence electrons. The zero-order valence-electron chi connectivity index (χ0n) is 19.9. The number of nitrogens with zero attached hydrogens (tertiary/aromatic N) is 2. The lowest BCUT2D eigenvalue weighted by molar-refractivity contribution is -0.115. The van der Waals surface area contributed by atoms with E-state index in [-0.39, 0.29) is 11.8 Å². The summed E-state index contributed by atoms with van der Waals surface area (Å²) in [6.07, 6.45) is -2.07. The molecule has 2 heterocycles. The van der Waals surface area contributed by atoms with Crippen molar-refractivity contribution in [3.05, 3.63) is 42.1 Å². The second-order valence-corrected chi connectivity index (χ2v) is 8.06. The first-order valence-corrected chi connectivity index (χ1v) is 10.6. The molecule has 2 aromatic heterocycles. The van der Waals surface area contributed by atoms with Crippen LogP contribution in [0, 0.1) is 5.41 Å². The van der Waals surface area contributed by atoms with E-state index in [1.807, 2.05) is 20.9 Å². The number of fused-ring (bicyclic) bond motifs is 1. The minimum atomic E-state index is -4.36. The number of aldehydes is 1. The molecule has 0 aliphatic carbocycles. The summed E-state index contributed by atoms with van der Waals surface area (Å²) in [5.74, 6) is 0.207. The van der Waals surface area contributed by atoms with E-state index < -0.39 is 12.7 Å². The Morgan fingerprint density at radius 2 is 1.64 bits per heavy atom. The summed E-state index contributed by atoms with van der Waals surface area (Å²) in [5, 5.41) is 8.74. The molecule has 3 aromatic rings. The number of hydrogen-bond donors (Lipinski definition) is 4. The fourth-order valence-electron chi connectivity index (χ4n) is 2.62. The Hall–Kier alpha value is -3.14. The van der Waals surface area contributed by atoms with Gasteiger partial charge in [-0.1, -0.05) is 34.6 Å². The molecule has 0 aliphatic rings. The van der Waals surface area contributed by atoms with Gasteiger partial charge in [0.05, 0.1) is 5.39 Å². The van der Waals surface area contributed by atoms with Crippen LogP contribution in [0.3, 0.4) is 0 Å². The van der Waals surface area contributed by atoms with Crippen LogP contribution in [0.25, 0.3) is 11.0 Å². The number of carbonyl (C=O) groups excluding carboxylic acids is 1. The summed E-state index contributed by atoms with van der Waals surface area (Å²) < 4.78 is 37.3. The van der Waals surface area contributed by atoms with Crippen molar-refractivity contribution in [2.75, 3.05) is 30.8 Å². The number of rotatable bonds is 6. The monoisotopic (exact) mass is 466 g/mol. The number of carbonyl (C=O) groups is 1. The molecule has 33 heavy (non-hydrogen) atoms. The lowest BCUT2D eigenvalue weighted by Gasteiger charge is -2.16. The van der Waals surface area contributed by atoms with Gasteiger partial charge in [-0.15, -0.1) is 0 Å². The molecule has 0 unspecified atom stereocenters. The van der Waals surface area contributed by atoms with E-state index >= 15 is 0 Å². The van der Waals surface area contributed by atoms with E-state index in [0.717, 1.165) is 6.54 Å². The molecule has 4 N–H and O–H groups in total. The number of aromatic amines is 1. The highest BCUT2D eigenvalue weighted by molar-refractivity contribution is 5.88. The van der Waals surface area contributed by atoms with Gasteiger partial charge in [0.15, 0.2) is 0 Å². The van der Waals surface area contributed by atoms with Gasteiger partial charge in [-0.05, 0) is 49.3 Å². The highest BCUT2D eigenvalue weighted by Crippen LogP contribution is 2.24. The normalized spacial score (nSPS) is 11.1. The van der Waals surface area contributed by atoms with Crippen LogP contribution < -0.4 is 16.0 Å². The van der Waals surface area contributed by atoms with Crippen LogP contribution in [0.2, 0.25) is 0 Å². The maximum absolute atomic E-state index is 12.4. The largest absolute Gasteiger partial charge is 0.405 e. The molecule has 0 radical (unpaired) electrons. The quantitative estimate of drug-likeness (QED) is 0.345. The van der Waals surface area contributed by atoms with Crippen LogP contribution in [0.1, 0.15) is 45.0 Å². The van der Waals surface area contributed by atoms with Crippen LogP contribution in [0.15, 0.2) is 36.5 Å². The third-order valence-corrected chi connectivity index (χ3v) is 3.88. The number of anilines is 3. The third-order valence-electron chi connectivity index (χ3n) is 3.88. The Morgan fingerprint density at radius 1 is 1.00 bits per heavy atom. The van der Waals surface area contributed by atoms with Crippen LogP contribution in [-0.4, -0.2) is 47.6 Å². The number of nitrogens with one attached hydrogen (secondary N) is 4. The number of aromatic nitrogens is 3. The van der Waals surface area contributed by atoms with Gasteiger partial charge in [-0.25, -0.2) is 0 Å². The molecule has 0 atom stereocenters. The molecule has 0 saturated carbocycles. The first-order chi connectivity index (χ1) is 15.5. The smallest absolute Gasteiger partial charge is 0.360 e. The van der Waals surface area contributed by atoms with Crippen molar-refractivity contribution in [2.45, 2.75) is 40.8 Å². The van der Waals surface area contributed by atoms with Gasteiger partial charge in [0, 0.05) is 17.4 Å². The molecule has 0 spiro atoms. The van der Waals surface area contributed by atoms with Gasteiger partial charge in [0.2, 0.25) is 5.95 Å². The minimum absolute atomic E-state index is 0.0746. The van der Waals surface area contributed by atoms with Crippen molar-refractivity contribution in [1.82, 2.24) is 20.3 Å². The Bertz CT molecular complexity index is 979. The van der Waals surface area contributed by atoms with Gasteiger partial charge in [-0.3, -0.25) is 4.79 Å². The molecular weight excluding hydrogens is 433 g/mol. The second-order valence-electron chi connectivity index (χ2n) is 8.06. The summed E-state index contributed by atoms with van der Waals surface area (Å²) in [5.41, 5.74) is 1.96. The molecule has 0 saturated heterocycles. The van der Waals surface area contributed by atoms with E-state index in [2.05, 4.69) is 51.7 Å². The first kappa shape index (κ1) is 27.9. The summed E-state index contributed by atoms with van der Waals surface area (Å²) in [6, 6.07) is 8.09.